The van der Waals surface area contributed by atoms with Crippen molar-refractivity contribution >= 4 is 41.4 Å². The average molecular weight is 532 g/mol. The van der Waals surface area contributed by atoms with Crippen LogP contribution < -0.4 is 10.1 Å². The van der Waals surface area contributed by atoms with E-state index in [1.54, 1.807) is 0 Å². The van der Waals surface area contributed by atoms with Crippen LogP contribution in [-0.2, 0) is 21.0 Å². The molecule has 0 saturated heterocycles. The molecule has 0 aliphatic carbocycles. The van der Waals surface area contributed by atoms with Gasteiger partial charge in [0.25, 0.3) is 5.91 Å². The van der Waals surface area contributed by atoms with Gasteiger partial charge in [-0.2, -0.15) is 23.4 Å². The van der Waals surface area contributed by atoms with E-state index < -0.39 is 28.5 Å². The molecule has 0 aromatic heterocycles. The van der Waals surface area contributed by atoms with Gasteiger partial charge >= 0.3 is 12.1 Å². The molecule has 1 amide bonds. The lowest BCUT2D eigenvalue weighted by Crippen LogP contribution is -2.42. The average Bonchev–Trinajstić information content (AvgIpc) is 3.16. The van der Waals surface area contributed by atoms with Crippen LogP contribution in [0.2, 0.25) is 10.0 Å². The molecule has 8 nitrogen and oxygen atoms in total. The number of benzene rings is 2. The zero-order valence-electron chi connectivity index (χ0n) is 17.5. The Bertz CT molecular complexity index is 1310. The number of ether oxygens (including phenoxy) is 1. The van der Waals surface area contributed by atoms with Crippen LogP contribution in [0, 0.1) is 17.1 Å². The predicted molar refractivity (Wildman–Crippen MR) is 114 cm³/mol. The number of halogens is 6. The molecule has 0 fully saturated rings. The minimum absolute atomic E-state index is 0.0481. The Morgan fingerprint density at radius 2 is 1.94 bits per heavy atom. The highest BCUT2D eigenvalue weighted by molar-refractivity contribution is 6.32. The highest BCUT2D eigenvalue weighted by Gasteiger charge is 2.47. The van der Waals surface area contributed by atoms with Crippen molar-refractivity contribution in [1.29, 1.82) is 5.26 Å². The number of amides is 1. The van der Waals surface area contributed by atoms with E-state index in [-0.39, 0.29) is 44.9 Å². The first-order chi connectivity index (χ1) is 16.3. The van der Waals surface area contributed by atoms with Crippen LogP contribution in [0.3, 0.4) is 0 Å². The molecule has 3 rings (SSSR count). The van der Waals surface area contributed by atoms with Gasteiger partial charge < -0.3 is 10.1 Å². The Kier molecular flexibility index (Phi) is 7.35. The molecular weight excluding hydrogens is 519 g/mol. The molecular formula is C21H13Cl2F4N4O4+. The van der Waals surface area contributed by atoms with E-state index in [9.17, 15) is 22.8 Å². The number of carbonyl (C=O) groups is 2. The predicted octanol–water partition coefficient (Wildman–Crippen LogP) is 4.76. The standard InChI is InChI=1S/C21H12Cl2F4N4O4/c1-31(35-20(33)21(25,26)27)9-16(30-10-31)19(32)29-8-12-2-3-15(23)18(17(12)24)34-14-5-11(7-28)4-13(22)6-14/h2-6,9-10H,8H2,1H3/p+1. The summed E-state index contributed by atoms with van der Waals surface area (Å²) in [6, 6.07) is 8.52. The van der Waals surface area contributed by atoms with Gasteiger partial charge in [0.15, 0.2) is 23.5 Å². The number of alkyl halides is 3. The third-order valence-corrected chi connectivity index (χ3v) is 4.85. The number of hydrogen-bond donors (Lipinski definition) is 1. The zero-order chi connectivity index (χ0) is 26.0. The minimum Gasteiger partial charge on any atom is -0.453 e. The lowest BCUT2D eigenvalue weighted by atomic mass is 10.2. The van der Waals surface area contributed by atoms with E-state index >= 15 is 4.39 Å². The summed E-state index contributed by atoms with van der Waals surface area (Å²) in [7, 11) is 1.05. The largest absolute Gasteiger partial charge is 0.497 e. The maximum Gasteiger partial charge on any atom is 0.497 e. The second-order valence-electron chi connectivity index (χ2n) is 7.12. The molecule has 1 atom stereocenters. The Morgan fingerprint density at radius 3 is 2.60 bits per heavy atom. The second-order valence-corrected chi connectivity index (χ2v) is 7.96. The zero-order valence-corrected chi connectivity index (χ0v) is 19.0. The molecule has 2 aromatic rings. The number of hydrogen-bond acceptors (Lipinski definition) is 6. The highest BCUT2D eigenvalue weighted by atomic mass is 35.5. The minimum atomic E-state index is -5.24. The van der Waals surface area contributed by atoms with Crippen LogP contribution in [0.15, 0.2) is 47.2 Å². The van der Waals surface area contributed by atoms with Crippen molar-refractivity contribution in [3.05, 3.63) is 69.2 Å². The maximum atomic E-state index is 15.0. The van der Waals surface area contributed by atoms with E-state index in [0.717, 1.165) is 19.6 Å². The quantitative estimate of drug-likeness (QED) is 0.427. The van der Waals surface area contributed by atoms with Crippen molar-refractivity contribution in [1.82, 2.24) is 5.32 Å². The Labute approximate surface area is 205 Å². The second kappa shape index (κ2) is 9.91. The number of hydroxylamine groups is 3. The Balaban J connectivity index is 1.72. The number of nitriles is 1. The van der Waals surface area contributed by atoms with E-state index in [1.165, 1.54) is 30.3 Å². The van der Waals surface area contributed by atoms with Crippen LogP contribution in [0.5, 0.6) is 11.5 Å². The summed E-state index contributed by atoms with van der Waals surface area (Å²) in [6.45, 7) is -0.379. The summed E-state index contributed by atoms with van der Waals surface area (Å²) in [5.74, 6) is -4.60. The summed E-state index contributed by atoms with van der Waals surface area (Å²) in [5.41, 5.74) is -0.246. The molecule has 1 aliphatic rings. The molecule has 1 heterocycles. The van der Waals surface area contributed by atoms with E-state index in [1.807, 2.05) is 6.07 Å². The van der Waals surface area contributed by atoms with Gasteiger partial charge in [0.2, 0.25) is 6.34 Å². The van der Waals surface area contributed by atoms with E-state index in [2.05, 4.69) is 15.1 Å². The van der Waals surface area contributed by atoms with Gasteiger partial charge in [0, 0.05) is 17.1 Å². The topological polar surface area (TPSA) is 101 Å². The number of carbonyl (C=O) groups excluding carboxylic acids is 2. The van der Waals surface area contributed by atoms with Crippen molar-refractivity contribution in [2.24, 2.45) is 4.99 Å². The van der Waals surface area contributed by atoms with Gasteiger partial charge in [0.1, 0.15) is 12.8 Å². The van der Waals surface area contributed by atoms with Gasteiger partial charge in [-0.05, 0) is 24.3 Å². The van der Waals surface area contributed by atoms with Crippen LogP contribution in [0.1, 0.15) is 11.1 Å². The molecule has 14 heteroatoms. The highest BCUT2D eigenvalue weighted by Crippen LogP contribution is 2.35. The lowest BCUT2D eigenvalue weighted by Gasteiger charge is -2.18. The molecule has 35 heavy (non-hydrogen) atoms. The summed E-state index contributed by atoms with van der Waals surface area (Å²) >= 11 is 12.0. The SMILES string of the molecule is C[N+]1(OC(=O)C(F)(F)F)C=NC(C(=O)NCc2ccc(Cl)c(Oc3cc(Cl)cc(C#N)c3)c2F)=C1. The molecule has 0 bridgehead atoms. The smallest absolute Gasteiger partial charge is 0.453 e. The van der Waals surface area contributed by atoms with Gasteiger partial charge in [-0.25, -0.2) is 9.18 Å². The number of aliphatic imine (C=N–C) groups is 1. The number of quaternary nitrogens is 1. The fraction of sp³-hybridized carbons (Fsp3) is 0.143. The fourth-order valence-corrected chi connectivity index (χ4v) is 3.17. The summed E-state index contributed by atoms with van der Waals surface area (Å²) in [4.78, 5) is 31.3. The molecule has 0 spiro atoms. The summed E-state index contributed by atoms with van der Waals surface area (Å²) in [6.07, 6.45) is -3.58. The van der Waals surface area contributed by atoms with Gasteiger partial charge in [0.05, 0.1) is 16.7 Å². The van der Waals surface area contributed by atoms with Gasteiger partial charge in [-0.3, -0.25) is 9.63 Å². The van der Waals surface area contributed by atoms with Crippen molar-refractivity contribution < 1.29 is 41.4 Å². The first-order valence-corrected chi connectivity index (χ1v) is 10.2. The maximum absolute atomic E-state index is 15.0. The molecule has 1 unspecified atom stereocenters. The number of rotatable bonds is 6. The normalized spacial score (nSPS) is 16.9. The fourth-order valence-electron chi connectivity index (χ4n) is 2.76. The Morgan fingerprint density at radius 1 is 1.23 bits per heavy atom. The van der Waals surface area contributed by atoms with Crippen molar-refractivity contribution in [3.63, 3.8) is 0 Å². The van der Waals surface area contributed by atoms with Crippen molar-refractivity contribution in [2.75, 3.05) is 7.05 Å². The van der Waals surface area contributed by atoms with Crippen LogP contribution in [0.4, 0.5) is 17.6 Å². The van der Waals surface area contributed by atoms with Crippen LogP contribution >= 0.6 is 23.2 Å². The molecule has 1 aliphatic heterocycles. The summed E-state index contributed by atoms with van der Waals surface area (Å²) < 4.78 is 56.6. The molecule has 1 N–H and O–H groups in total. The molecule has 0 saturated carbocycles. The van der Waals surface area contributed by atoms with Gasteiger partial charge in [-0.15, -0.1) is 0 Å². The van der Waals surface area contributed by atoms with Crippen molar-refractivity contribution in [2.45, 2.75) is 12.7 Å². The van der Waals surface area contributed by atoms with Crippen molar-refractivity contribution in [3.8, 4) is 17.6 Å². The first-order valence-electron chi connectivity index (χ1n) is 9.39. The molecule has 182 valence electrons. The third kappa shape index (κ3) is 6.27. The third-order valence-electron chi connectivity index (χ3n) is 4.34. The van der Waals surface area contributed by atoms with Gasteiger partial charge in [-0.1, -0.05) is 33.9 Å². The lowest BCUT2D eigenvalue weighted by molar-refractivity contribution is -0.953. The number of nitrogens with zero attached hydrogens (tertiary/aromatic N) is 3. The number of nitrogens with one attached hydrogen (secondary N) is 1. The van der Waals surface area contributed by atoms with E-state index in [0.29, 0.717) is 0 Å². The molecule has 2 aromatic carbocycles. The summed E-state index contributed by atoms with van der Waals surface area (Å²) in [5, 5.41) is 11.5. The van der Waals surface area contributed by atoms with Crippen LogP contribution in [-0.4, -0.2) is 36.1 Å². The monoisotopic (exact) mass is 531 g/mol. The first kappa shape index (κ1) is 26.0. The molecule has 0 radical (unpaired) electrons. The van der Waals surface area contributed by atoms with E-state index in [4.69, 9.17) is 33.2 Å². The van der Waals surface area contributed by atoms with Crippen LogP contribution in [0.25, 0.3) is 0 Å². The Hall–Kier alpha value is -3.66.